The van der Waals surface area contributed by atoms with Gasteiger partial charge in [-0.2, -0.15) is 4.98 Å². The van der Waals surface area contributed by atoms with Crippen LogP contribution in [0.2, 0.25) is 0 Å². The molecule has 0 spiro atoms. The van der Waals surface area contributed by atoms with Gasteiger partial charge in [-0.15, -0.1) is 0 Å². The largest absolute Gasteiger partial charge is 0.424 e. The number of anilines is 1. The fraction of sp³-hybridized carbons (Fsp3) is 0.562. The van der Waals surface area contributed by atoms with Crippen LogP contribution in [-0.2, 0) is 4.74 Å². The van der Waals surface area contributed by atoms with Gasteiger partial charge in [0, 0.05) is 6.54 Å². The Morgan fingerprint density at radius 3 is 2.75 bits per heavy atom. The van der Waals surface area contributed by atoms with Crippen molar-refractivity contribution in [1.82, 2.24) is 4.98 Å². The highest BCUT2D eigenvalue weighted by Crippen LogP contribution is 2.20. The van der Waals surface area contributed by atoms with E-state index in [1.54, 1.807) is 0 Å². The Kier molecular flexibility index (Phi) is 4.53. The van der Waals surface area contributed by atoms with Gasteiger partial charge < -0.3 is 14.5 Å². The molecule has 2 aromatic rings. The first-order valence-corrected chi connectivity index (χ1v) is 7.63. The zero-order valence-electron chi connectivity index (χ0n) is 11.8. The Morgan fingerprint density at radius 1 is 1.15 bits per heavy atom. The molecule has 1 heterocycles. The van der Waals surface area contributed by atoms with E-state index in [9.17, 15) is 0 Å². The minimum atomic E-state index is 0.447. The number of fused-ring (bicyclic) bond motifs is 1. The van der Waals surface area contributed by atoms with E-state index in [-0.39, 0.29) is 0 Å². The summed E-state index contributed by atoms with van der Waals surface area (Å²) in [5.41, 5.74) is 1.71. The molecule has 4 heteroatoms. The van der Waals surface area contributed by atoms with Gasteiger partial charge in [-0.3, -0.25) is 0 Å². The maximum Gasteiger partial charge on any atom is 0.295 e. The normalized spacial score (nSPS) is 17.2. The van der Waals surface area contributed by atoms with Gasteiger partial charge in [0.1, 0.15) is 5.52 Å². The Hall–Kier alpha value is -1.55. The summed E-state index contributed by atoms with van der Waals surface area (Å²) in [7, 11) is 0. The number of hydrogen-bond acceptors (Lipinski definition) is 4. The second-order valence-corrected chi connectivity index (χ2v) is 5.40. The molecule has 4 nitrogen and oxygen atoms in total. The molecule has 1 aromatic heterocycles. The van der Waals surface area contributed by atoms with Crippen molar-refractivity contribution in [3.8, 4) is 0 Å². The standard InChI is InChI=1S/C16H22N2O2/c1-2-4-8-13(7-3-1)19-12-11-17-16-18-14-9-5-6-10-15(14)20-16/h5-6,9-10,13H,1-4,7-8,11-12H2,(H,17,18). The summed E-state index contributed by atoms with van der Waals surface area (Å²) in [6.07, 6.45) is 8.21. The topological polar surface area (TPSA) is 47.3 Å². The molecular formula is C16H22N2O2. The summed E-state index contributed by atoms with van der Waals surface area (Å²) < 4.78 is 11.5. The van der Waals surface area contributed by atoms with Gasteiger partial charge in [0.05, 0.1) is 12.7 Å². The first-order valence-electron chi connectivity index (χ1n) is 7.63. The van der Waals surface area contributed by atoms with Crippen molar-refractivity contribution in [2.75, 3.05) is 18.5 Å². The molecule has 3 rings (SSSR count). The van der Waals surface area contributed by atoms with Crippen molar-refractivity contribution in [2.24, 2.45) is 0 Å². The monoisotopic (exact) mass is 274 g/mol. The first kappa shape index (κ1) is 13.4. The van der Waals surface area contributed by atoms with E-state index in [4.69, 9.17) is 9.15 Å². The zero-order valence-corrected chi connectivity index (χ0v) is 11.8. The molecule has 20 heavy (non-hydrogen) atoms. The highest BCUT2D eigenvalue weighted by Gasteiger charge is 2.12. The Morgan fingerprint density at radius 2 is 1.95 bits per heavy atom. The molecule has 0 radical (unpaired) electrons. The minimum absolute atomic E-state index is 0.447. The third-order valence-corrected chi connectivity index (χ3v) is 3.83. The molecule has 0 atom stereocenters. The van der Waals surface area contributed by atoms with Gasteiger partial charge in [-0.1, -0.05) is 37.8 Å². The molecule has 1 aliphatic carbocycles. The predicted octanol–water partition coefficient (Wildman–Crippen LogP) is 3.98. The van der Waals surface area contributed by atoms with Crippen molar-refractivity contribution < 1.29 is 9.15 Å². The van der Waals surface area contributed by atoms with Crippen LogP contribution in [0.25, 0.3) is 11.1 Å². The van der Waals surface area contributed by atoms with E-state index < -0.39 is 0 Å². The fourth-order valence-electron chi connectivity index (χ4n) is 2.74. The maximum absolute atomic E-state index is 5.93. The number of aromatic nitrogens is 1. The molecule has 0 unspecified atom stereocenters. The Bertz CT molecular complexity index is 497. The molecule has 1 saturated carbocycles. The van der Waals surface area contributed by atoms with Gasteiger partial charge in [0.15, 0.2) is 5.58 Å². The summed E-state index contributed by atoms with van der Waals surface area (Å²) in [6.45, 7) is 1.45. The van der Waals surface area contributed by atoms with Crippen LogP contribution < -0.4 is 5.32 Å². The molecule has 108 valence electrons. The highest BCUT2D eigenvalue weighted by atomic mass is 16.5. The molecule has 1 fully saturated rings. The van der Waals surface area contributed by atoms with Gasteiger partial charge in [-0.05, 0) is 25.0 Å². The van der Waals surface area contributed by atoms with Crippen molar-refractivity contribution in [2.45, 2.75) is 44.6 Å². The molecule has 0 amide bonds. The van der Waals surface area contributed by atoms with Crippen molar-refractivity contribution in [3.05, 3.63) is 24.3 Å². The van der Waals surface area contributed by atoms with Crippen molar-refractivity contribution in [3.63, 3.8) is 0 Å². The van der Waals surface area contributed by atoms with E-state index in [0.29, 0.717) is 18.7 Å². The van der Waals surface area contributed by atoms with E-state index in [1.807, 2.05) is 24.3 Å². The molecule has 1 aliphatic rings. The number of ether oxygens (including phenoxy) is 1. The Balaban J connectivity index is 1.43. The molecule has 0 bridgehead atoms. The second kappa shape index (κ2) is 6.75. The number of nitrogens with one attached hydrogen (secondary N) is 1. The van der Waals surface area contributed by atoms with Crippen molar-refractivity contribution >= 4 is 17.1 Å². The van der Waals surface area contributed by atoms with Gasteiger partial charge in [-0.25, -0.2) is 0 Å². The van der Waals surface area contributed by atoms with Crippen LogP contribution in [0.15, 0.2) is 28.7 Å². The SMILES string of the molecule is c1ccc2oc(NCCOC3CCCCCC3)nc2c1. The Labute approximate surface area is 119 Å². The van der Waals surface area contributed by atoms with E-state index >= 15 is 0 Å². The summed E-state index contributed by atoms with van der Waals surface area (Å²) in [5.74, 6) is 0. The van der Waals surface area contributed by atoms with Crippen LogP contribution in [0, 0.1) is 0 Å². The van der Waals surface area contributed by atoms with Crippen LogP contribution in [-0.4, -0.2) is 24.2 Å². The number of benzene rings is 1. The lowest BCUT2D eigenvalue weighted by Crippen LogP contribution is -2.17. The number of hydrogen-bond donors (Lipinski definition) is 1. The van der Waals surface area contributed by atoms with Crippen LogP contribution in [0.3, 0.4) is 0 Å². The first-order chi connectivity index (χ1) is 9.92. The lowest BCUT2D eigenvalue weighted by atomic mass is 10.1. The summed E-state index contributed by atoms with van der Waals surface area (Å²) in [4.78, 5) is 4.38. The molecule has 0 saturated heterocycles. The van der Waals surface area contributed by atoms with Crippen molar-refractivity contribution in [1.29, 1.82) is 0 Å². The molecule has 1 aromatic carbocycles. The smallest absolute Gasteiger partial charge is 0.295 e. The van der Waals surface area contributed by atoms with Gasteiger partial charge in [0.2, 0.25) is 0 Å². The van der Waals surface area contributed by atoms with Gasteiger partial charge in [0.25, 0.3) is 6.01 Å². The lowest BCUT2D eigenvalue weighted by molar-refractivity contribution is 0.0499. The van der Waals surface area contributed by atoms with Crippen LogP contribution >= 0.6 is 0 Å². The van der Waals surface area contributed by atoms with Crippen LogP contribution in [0.4, 0.5) is 6.01 Å². The number of nitrogens with zero attached hydrogens (tertiary/aromatic N) is 1. The highest BCUT2D eigenvalue weighted by molar-refractivity contribution is 5.74. The van der Waals surface area contributed by atoms with Crippen LogP contribution in [0.5, 0.6) is 0 Å². The third kappa shape index (κ3) is 3.51. The summed E-state index contributed by atoms with van der Waals surface area (Å²) in [5, 5.41) is 3.19. The number of oxazole rings is 1. The number of rotatable bonds is 5. The lowest BCUT2D eigenvalue weighted by Gasteiger charge is -2.15. The van der Waals surface area contributed by atoms with E-state index in [0.717, 1.165) is 17.6 Å². The maximum atomic E-state index is 5.93. The second-order valence-electron chi connectivity index (χ2n) is 5.40. The average molecular weight is 274 g/mol. The quantitative estimate of drug-likeness (QED) is 0.661. The zero-order chi connectivity index (χ0) is 13.6. The minimum Gasteiger partial charge on any atom is -0.424 e. The molecular weight excluding hydrogens is 252 g/mol. The fourth-order valence-corrected chi connectivity index (χ4v) is 2.74. The average Bonchev–Trinajstić information content (AvgIpc) is 2.70. The summed E-state index contributed by atoms with van der Waals surface area (Å²) in [6, 6.07) is 8.37. The van der Waals surface area contributed by atoms with Crippen LogP contribution in [0.1, 0.15) is 38.5 Å². The number of para-hydroxylation sites is 2. The predicted molar refractivity (Wildman–Crippen MR) is 79.9 cm³/mol. The molecule has 0 aliphatic heterocycles. The van der Waals surface area contributed by atoms with Gasteiger partial charge >= 0.3 is 0 Å². The third-order valence-electron chi connectivity index (χ3n) is 3.83. The molecule has 1 N–H and O–H groups in total. The van der Waals surface area contributed by atoms with E-state index in [1.165, 1.54) is 38.5 Å². The summed E-state index contributed by atoms with van der Waals surface area (Å²) >= 11 is 0. The van der Waals surface area contributed by atoms with E-state index in [2.05, 4.69) is 10.3 Å².